The molecule has 0 N–H and O–H groups in total. The van der Waals surface area contributed by atoms with Gasteiger partial charge in [-0.3, -0.25) is 0 Å². The smallest absolute Gasteiger partial charge is 0.0680 e. The van der Waals surface area contributed by atoms with Gasteiger partial charge in [0, 0.05) is 6.20 Å². The second-order valence-electron chi connectivity index (χ2n) is 5.70. The largest absolute Gasteiger partial charge is 0.240 e. The first-order valence-electron chi connectivity index (χ1n) is 7.25. The van der Waals surface area contributed by atoms with Crippen LogP contribution in [0.2, 0.25) is 0 Å². The lowest BCUT2D eigenvalue weighted by Gasteiger charge is -2.10. The zero-order chi connectivity index (χ0) is 15.0. The Morgan fingerprint density at radius 2 is 1.38 bits per heavy atom. The van der Waals surface area contributed by atoms with Gasteiger partial charge in [0.2, 0.25) is 0 Å². The molecule has 0 fully saturated rings. The van der Waals surface area contributed by atoms with Crippen molar-refractivity contribution in [1.29, 1.82) is 0 Å². The topological polar surface area (TPSA) is 17.8 Å². The lowest BCUT2D eigenvalue weighted by atomic mass is 9.99. The van der Waals surface area contributed by atoms with Crippen LogP contribution < -0.4 is 0 Å². The van der Waals surface area contributed by atoms with E-state index in [2.05, 4.69) is 62.3 Å². The van der Waals surface area contributed by atoms with Crippen LogP contribution in [0.5, 0.6) is 0 Å². The van der Waals surface area contributed by atoms with E-state index in [1.54, 1.807) is 0 Å². The number of nitrogens with zero attached hydrogens (tertiary/aromatic N) is 2. The Balaban J connectivity index is 2.10. The molecule has 0 atom stereocenters. The molecule has 0 amide bonds. The van der Waals surface area contributed by atoms with Crippen molar-refractivity contribution in [2.24, 2.45) is 0 Å². The summed E-state index contributed by atoms with van der Waals surface area (Å²) in [5.74, 6) is 0. The van der Waals surface area contributed by atoms with Crippen molar-refractivity contribution in [3.05, 3.63) is 71.0 Å². The molecule has 2 nitrogen and oxygen atoms in total. The van der Waals surface area contributed by atoms with Gasteiger partial charge < -0.3 is 0 Å². The summed E-state index contributed by atoms with van der Waals surface area (Å²) < 4.78 is 1.95. The van der Waals surface area contributed by atoms with Crippen molar-refractivity contribution < 1.29 is 0 Å². The number of hydrogen-bond donors (Lipinski definition) is 0. The molecule has 0 saturated carbocycles. The van der Waals surface area contributed by atoms with Crippen molar-refractivity contribution in [3.63, 3.8) is 0 Å². The summed E-state index contributed by atoms with van der Waals surface area (Å²) in [7, 11) is 0. The van der Waals surface area contributed by atoms with Gasteiger partial charge in [0.1, 0.15) is 0 Å². The molecule has 21 heavy (non-hydrogen) atoms. The van der Waals surface area contributed by atoms with E-state index < -0.39 is 0 Å². The van der Waals surface area contributed by atoms with E-state index in [0.717, 1.165) is 11.4 Å². The molecule has 3 aromatic rings. The van der Waals surface area contributed by atoms with Crippen molar-refractivity contribution in [3.8, 4) is 16.8 Å². The maximum atomic E-state index is 4.52. The first-order valence-corrected chi connectivity index (χ1v) is 7.25. The van der Waals surface area contributed by atoms with E-state index in [4.69, 9.17) is 0 Å². The Hall–Kier alpha value is -2.35. The van der Waals surface area contributed by atoms with Gasteiger partial charge in [-0.2, -0.15) is 5.10 Å². The van der Waals surface area contributed by atoms with Crippen LogP contribution >= 0.6 is 0 Å². The summed E-state index contributed by atoms with van der Waals surface area (Å²) in [4.78, 5) is 0. The van der Waals surface area contributed by atoms with Crippen LogP contribution in [0.3, 0.4) is 0 Å². The van der Waals surface area contributed by atoms with Gasteiger partial charge in [0.05, 0.1) is 11.4 Å². The SMILES string of the molecule is Cc1ccn(-c2cc(-c3ccc(C)c(C)c3)ccc2C)n1. The highest BCUT2D eigenvalue weighted by atomic mass is 15.3. The number of aromatic nitrogens is 2. The maximum absolute atomic E-state index is 4.52. The average molecular weight is 276 g/mol. The fourth-order valence-electron chi connectivity index (χ4n) is 2.51. The zero-order valence-corrected chi connectivity index (χ0v) is 13.0. The van der Waals surface area contributed by atoms with Crippen molar-refractivity contribution in [1.82, 2.24) is 9.78 Å². The summed E-state index contributed by atoms with van der Waals surface area (Å²) in [5.41, 5.74) is 8.53. The van der Waals surface area contributed by atoms with Gasteiger partial charge in [-0.1, -0.05) is 30.3 Å². The molecule has 1 aromatic heterocycles. The molecule has 1 heterocycles. The van der Waals surface area contributed by atoms with E-state index >= 15 is 0 Å². The Labute approximate surface area is 126 Å². The molecule has 0 aliphatic carbocycles. The highest BCUT2D eigenvalue weighted by Crippen LogP contribution is 2.26. The standard InChI is InChI=1S/C19H20N2/c1-13-5-7-17(11-15(13)3)18-8-6-14(2)19(12-18)21-10-9-16(4)20-21/h5-12H,1-4H3. The fourth-order valence-corrected chi connectivity index (χ4v) is 2.51. The number of hydrogen-bond acceptors (Lipinski definition) is 1. The summed E-state index contributed by atoms with van der Waals surface area (Å²) in [6, 6.07) is 15.2. The molecular weight excluding hydrogens is 256 g/mol. The predicted molar refractivity (Wildman–Crippen MR) is 87.9 cm³/mol. The second kappa shape index (κ2) is 5.21. The van der Waals surface area contributed by atoms with Crippen LogP contribution in [0.4, 0.5) is 0 Å². The molecule has 0 aliphatic heterocycles. The van der Waals surface area contributed by atoms with Crippen LogP contribution in [0.1, 0.15) is 22.4 Å². The minimum atomic E-state index is 1.03. The molecule has 106 valence electrons. The molecule has 0 unspecified atom stereocenters. The van der Waals surface area contributed by atoms with E-state index in [-0.39, 0.29) is 0 Å². The fraction of sp³-hybridized carbons (Fsp3) is 0.211. The van der Waals surface area contributed by atoms with Crippen molar-refractivity contribution in [2.75, 3.05) is 0 Å². The van der Waals surface area contributed by atoms with Crippen LogP contribution in [0.25, 0.3) is 16.8 Å². The minimum absolute atomic E-state index is 1.03. The van der Waals surface area contributed by atoms with Crippen molar-refractivity contribution >= 4 is 0 Å². The second-order valence-corrected chi connectivity index (χ2v) is 5.70. The number of rotatable bonds is 2. The number of benzene rings is 2. The van der Waals surface area contributed by atoms with Crippen LogP contribution in [0.15, 0.2) is 48.7 Å². The maximum Gasteiger partial charge on any atom is 0.0680 e. The van der Waals surface area contributed by atoms with Gasteiger partial charge in [-0.05, 0) is 67.6 Å². The van der Waals surface area contributed by atoms with E-state index in [9.17, 15) is 0 Å². The molecule has 2 aromatic carbocycles. The Bertz CT molecular complexity index is 797. The quantitative estimate of drug-likeness (QED) is 0.659. The van der Waals surface area contributed by atoms with Crippen LogP contribution in [0, 0.1) is 27.7 Å². The first-order chi connectivity index (χ1) is 10.0. The van der Waals surface area contributed by atoms with Crippen molar-refractivity contribution in [2.45, 2.75) is 27.7 Å². The Morgan fingerprint density at radius 3 is 2.00 bits per heavy atom. The third-order valence-corrected chi connectivity index (χ3v) is 4.02. The summed E-state index contributed by atoms with van der Waals surface area (Å²) in [6.45, 7) is 8.44. The van der Waals surface area contributed by atoms with Gasteiger partial charge in [0.25, 0.3) is 0 Å². The molecule has 0 bridgehead atoms. The van der Waals surface area contributed by atoms with Crippen LogP contribution in [-0.4, -0.2) is 9.78 Å². The zero-order valence-electron chi connectivity index (χ0n) is 13.0. The minimum Gasteiger partial charge on any atom is -0.240 e. The molecule has 3 rings (SSSR count). The number of aryl methyl sites for hydroxylation is 4. The van der Waals surface area contributed by atoms with Crippen LogP contribution in [-0.2, 0) is 0 Å². The molecular formula is C19H20N2. The first kappa shape index (κ1) is 13.6. The normalized spacial score (nSPS) is 10.9. The molecule has 0 radical (unpaired) electrons. The Morgan fingerprint density at radius 1 is 0.714 bits per heavy atom. The summed E-state index contributed by atoms with van der Waals surface area (Å²) in [5, 5.41) is 4.52. The highest BCUT2D eigenvalue weighted by molar-refractivity contribution is 5.68. The lowest BCUT2D eigenvalue weighted by Crippen LogP contribution is -1.98. The lowest BCUT2D eigenvalue weighted by molar-refractivity contribution is 0.856. The highest BCUT2D eigenvalue weighted by Gasteiger charge is 2.06. The summed E-state index contributed by atoms with van der Waals surface area (Å²) in [6.07, 6.45) is 2.02. The molecule has 0 aliphatic rings. The molecule has 0 saturated heterocycles. The third kappa shape index (κ3) is 2.62. The third-order valence-electron chi connectivity index (χ3n) is 4.02. The van der Waals surface area contributed by atoms with Gasteiger partial charge in [-0.15, -0.1) is 0 Å². The predicted octanol–water partition coefficient (Wildman–Crippen LogP) is 4.77. The molecule has 2 heteroatoms. The van der Waals surface area contributed by atoms with E-state index in [1.165, 1.54) is 27.8 Å². The van der Waals surface area contributed by atoms with Gasteiger partial charge >= 0.3 is 0 Å². The average Bonchev–Trinajstić information content (AvgIpc) is 2.89. The van der Waals surface area contributed by atoms with E-state index in [0.29, 0.717) is 0 Å². The van der Waals surface area contributed by atoms with Gasteiger partial charge in [-0.25, -0.2) is 4.68 Å². The molecule has 0 spiro atoms. The van der Waals surface area contributed by atoms with E-state index in [1.807, 2.05) is 23.9 Å². The van der Waals surface area contributed by atoms with Gasteiger partial charge in [0.15, 0.2) is 0 Å². The Kier molecular flexibility index (Phi) is 3.38. The monoisotopic (exact) mass is 276 g/mol. The summed E-state index contributed by atoms with van der Waals surface area (Å²) >= 11 is 0.